The molecule has 0 radical (unpaired) electrons. The summed E-state index contributed by atoms with van der Waals surface area (Å²) < 4.78 is 3.98. The maximum Gasteiger partial charge on any atom is 0.340 e. The molecule has 5 nitrogen and oxygen atoms in total. The van der Waals surface area contributed by atoms with Gasteiger partial charge in [-0.2, -0.15) is 4.37 Å². The van der Waals surface area contributed by atoms with E-state index in [0.29, 0.717) is 16.6 Å². The molecule has 1 aliphatic carbocycles. The Morgan fingerprint density at radius 2 is 2.17 bits per heavy atom. The number of carbonyl (C=O) groups excluding carboxylic acids is 1. The number of nitrogens with zero attached hydrogens (tertiary/aromatic N) is 1. The smallest absolute Gasteiger partial charge is 0.340 e. The van der Waals surface area contributed by atoms with E-state index in [2.05, 4.69) is 16.6 Å². The number of amides is 1. The highest BCUT2D eigenvalue weighted by Crippen LogP contribution is 2.33. The Labute approximate surface area is 109 Å². The lowest BCUT2D eigenvalue weighted by Crippen LogP contribution is -2.24. The van der Waals surface area contributed by atoms with Gasteiger partial charge >= 0.3 is 5.97 Å². The second-order valence-electron chi connectivity index (χ2n) is 4.78. The predicted molar refractivity (Wildman–Crippen MR) is 68.9 cm³/mol. The van der Waals surface area contributed by atoms with Crippen molar-refractivity contribution in [2.75, 3.05) is 5.32 Å². The molecule has 0 spiro atoms. The van der Waals surface area contributed by atoms with Crippen molar-refractivity contribution in [3.8, 4) is 0 Å². The quantitative estimate of drug-likeness (QED) is 0.882. The first-order valence-corrected chi connectivity index (χ1v) is 6.78. The van der Waals surface area contributed by atoms with E-state index in [-0.39, 0.29) is 17.4 Å². The molecule has 1 amide bonds. The van der Waals surface area contributed by atoms with Crippen LogP contribution in [0.4, 0.5) is 5.00 Å². The first-order chi connectivity index (χ1) is 8.50. The second-order valence-corrected chi connectivity index (χ2v) is 5.55. The Kier molecular flexibility index (Phi) is 3.65. The van der Waals surface area contributed by atoms with Gasteiger partial charge in [-0.1, -0.05) is 13.3 Å². The molecule has 2 rings (SSSR count). The van der Waals surface area contributed by atoms with Crippen molar-refractivity contribution >= 4 is 28.4 Å². The molecule has 1 heterocycles. The van der Waals surface area contributed by atoms with Crippen molar-refractivity contribution in [3.63, 3.8) is 0 Å². The summed E-state index contributed by atoms with van der Waals surface area (Å²) in [5.74, 6) is -0.761. The normalized spacial score (nSPS) is 23.0. The maximum atomic E-state index is 12.1. The summed E-state index contributed by atoms with van der Waals surface area (Å²) in [4.78, 5) is 23.2. The zero-order valence-electron chi connectivity index (χ0n) is 10.4. The molecule has 1 aromatic rings. The fourth-order valence-electron chi connectivity index (χ4n) is 2.45. The van der Waals surface area contributed by atoms with Gasteiger partial charge in [-0.15, -0.1) is 0 Å². The standard InChI is InChI=1S/C12H16N2O3S/c1-6-4-3-5-8(6)10(15)13-11-9(12(16)17)7(2)14-18-11/h6,8H,3-5H2,1-2H3,(H,13,15)(H,16,17). The van der Waals surface area contributed by atoms with Crippen molar-refractivity contribution in [1.82, 2.24) is 4.37 Å². The monoisotopic (exact) mass is 268 g/mol. The molecule has 0 saturated heterocycles. The molecule has 1 aliphatic rings. The average molecular weight is 268 g/mol. The van der Waals surface area contributed by atoms with Crippen LogP contribution in [0.1, 0.15) is 42.2 Å². The highest BCUT2D eigenvalue weighted by Gasteiger charge is 2.31. The molecular weight excluding hydrogens is 252 g/mol. The third-order valence-electron chi connectivity index (χ3n) is 3.51. The molecule has 98 valence electrons. The molecule has 2 unspecified atom stereocenters. The fraction of sp³-hybridized carbons (Fsp3) is 0.583. The minimum absolute atomic E-state index is 0.00551. The molecule has 1 fully saturated rings. The summed E-state index contributed by atoms with van der Waals surface area (Å²) >= 11 is 1.03. The molecule has 0 aromatic carbocycles. The van der Waals surface area contributed by atoms with Crippen molar-refractivity contribution in [2.24, 2.45) is 11.8 Å². The van der Waals surface area contributed by atoms with Gasteiger partial charge in [0.1, 0.15) is 10.6 Å². The van der Waals surface area contributed by atoms with Crippen LogP contribution in [0.5, 0.6) is 0 Å². The Morgan fingerprint density at radius 3 is 2.72 bits per heavy atom. The second kappa shape index (κ2) is 5.06. The topological polar surface area (TPSA) is 79.3 Å². The van der Waals surface area contributed by atoms with Gasteiger partial charge in [0.25, 0.3) is 0 Å². The van der Waals surface area contributed by atoms with Gasteiger partial charge < -0.3 is 10.4 Å². The summed E-state index contributed by atoms with van der Waals surface area (Å²) in [5.41, 5.74) is 0.557. The van der Waals surface area contributed by atoms with E-state index in [9.17, 15) is 9.59 Å². The van der Waals surface area contributed by atoms with E-state index < -0.39 is 5.97 Å². The van der Waals surface area contributed by atoms with E-state index in [1.807, 2.05) is 0 Å². The lowest BCUT2D eigenvalue weighted by molar-refractivity contribution is -0.120. The average Bonchev–Trinajstić information content (AvgIpc) is 2.85. The maximum absolute atomic E-state index is 12.1. The van der Waals surface area contributed by atoms with E-state index in [0.717, 1.165) is 30.8 Å². The van der Waals surface area contributed by atoms with Crippen LogP contribution in [0.25, 0.3) is 0 Å². The van der Waals surface area contributed by atoms with Crippen molar-refractivity contribution in [3.05, 3.63) is 11.3 Å². The minimum Gasteiger partial charge on any atom is -0.478 e. The molecule has 0 bridgehead atoms. The zero-order chi connectivity index (χ0) is 13.3. The van der Waals surface area contributed by atoms with Crippen LogP contribution in [0.2, 0.25) is 0 Å². The lowest BCUT2D eigenvalue weighted by Gasteiger charge is -2.14. The first-order valence-electron chi connectivity index (χ1n) is 6.01. The number of anilines is 1. The van der Waals surface area contributed by atoms with Crippen molar-refractivity contribution in [1.29, 1.82) is 0 Å². The van der Waals surface area contributed by atoms with Gasteiger partial charge in [0, 0.05) is 5.92 Å². The zero-order valence-corrected chi connectivity index (χ0v) is 11.2. The Morgan fingerprint density at radius 1 is 1.44 bits per heavy atom. The number of aromatic carboxylic acids is 1. The summed E-state index contributed by atoms with van der Waals surface area (Å²) in [6, 6.07) is 0. The van der Waals surface area contributed by atoms with Gasteiger partial charge in [0.05, 0.1) is 5.69 Å². The van der Waals surface area contributed by atoms with Crippen LogP contribution in [0.3, 0.4) is 0 Å². The van der Waals surface area contributed by atoms with Gasteiger partial charge in [-0.3, -0.25) is 4.79 Å². The first kappa shape index (κ1) is 13.0. The van der Waals surface area contributed by atoms with Crippen LogP contribution in [0, 0.1) is 18.8 Å². The molecule has 0 aliphatic heterocycles. The highest BCUT2D eigenvalue weighted by molar-refractivity contribution is 7.11. The van der Waals surface area contributed by atoms with E-state index in [4.69, 9.17) is 5.11 Å². The third kappa shape index (κ3) is 2.38. The molecule has 6 heteroatoms. The van der Waals surface area contributed by atoms with E-state index >= 15 is 0 Å². The number of carboxylic acid groups (broad SMARTS) is 1. The van der Waals surface area contributed by atoms with E-state index in [1.165, 1.54) is 0 Å². The van der Waals surface area contributed by atoms with Crippen LogP contribution in [-0.4, -0.2) is 21.4 Å². The highest BCUT2D eigenvalue weighted by atomic mass is 32.1. The van der Waals surface area contributed by atoms with Crippen LogP contribution >= 0.6 is 11.5 Å². The van der Waals surface area contributed by atoms with Gasteiger partial charge in [0.2, 0.25) is 5.91 Å². The van der Waals surface area contributed by atoms with Crippen molar-refractivity contribution in [2.45, 2.75) is 33.1 Å². The third-order valence-corrected chi connectivity index (χ3v) is 4.37. The Hall–Kier alpha value is -1.43. The Balaban J connectivity index is 2.14. The summed E-state index contributed by atoms with van der Waals surface area (Å²) in [7, 11) is 0. The molecule has 18 heavy (non-hydrogen) atoms. The van der Waals surface area contributed by atoms with Gasteiger partial charge in [-0.25, -0.2) is 4.79 Å². The van der Waals surface area contributed by atoms with Crippen LogP contribution in [0.15, 0.2) is 0 Å². The summed E-state index contributed by atoms with van der Waals surface area (Å²) in [6.45, 7) is 3.70. The summed E-state index contributed by atoms with van der Waals surface area (Å²) in [6.07, 6.45) is 3.01. The number of rotatable bonds is 3. The number of carboxylic acids is 1. The van der Waals surface area contributed by atoms with Gasteiger partial charge in [-0.05, 0) is 37.2 Å². The minimum atomic E-state index is -1.05. The number of aryl methyl sites for hydroxylation is 1. The summed E-state index contributed by atoms with van der Waals surface area (Å²) in [5, 5.41) is 12.2. The number of carbonyl (C=O) groups is 2. The lowest BCUT2D eigenvalue weighted by atomic mass is 9.97. The SMILES string of the molecule is Cc1nsc(NC(=O)C2CCCC2C)c1C(=O)O. The van der Waals surface area contributed by atoms with E-state index in [1.54, 1.807) is 6.92 Å². The molecular formula is C12H16N2O3S. The molecule has 2 N–H and O–H groups in total. The number of hydrogen-bond donors (Lipinski definition) is 2. The Bertz CT molecular complexity index is 484. The molecule has 2 atom stereocenters. The largest absolute Gasteiger partial charge is 0.478 e. The number of aromatic nitrogens is 1. The fourth-order valence-corrected chi connectivity index (χ4v) is 3.24. The number of nitrogens with one attached hydrogen (secondary N) is 1. The van der Waals surface area contributed by atoms with Crippen LogP contribution in [-0.2, 0) is 4.79 Å². The number of hydrogen-bond acceptors (Lipinski definition) is 4. The predicted octanol–water partition coefficient (Wildman–Crippen LogP) is 2.52. The van der Waals surface area contributed by atoms with Crippen LogP contribution < -0.4 is 5.32 Å². The van der Waals surface area contributed by atoms with Gasteiger partial charge in [0.15, 0.2) is 0 Å². The molecule has 1 aromatic heterocycles. The molecule has 1 saturated carbocycles. The van der Waals surface area contributed by atoms with Crippen molar-refractivity contribution < 1.29 is 14.7 Å².